The first-order valence-electron chi connectivity index (χ1n) is 6.60. The Labute approximate surface area is 105 Å². The Kier molecular flexibility index (Phi) is 5.40. The maximum absolute atomic E-state index is 11.7. The molecule has 0 bridgehead atoms. The smallest absolute Gasteiger partial charge is 0.234 e. The first kappa shape index (κ1) is 14.5. The van der Waals surface area contributed by atoms with E-state index in [0.717, 1.165) is 13.0 Å². The summed E-state index contributed by atoms with van der Waals surface area (Å²) in [5.41, 5.74) is -0.136. The van der Waals surface area contributed by atoms with E-state index in [4.69, 9.17) is 0 Å². The minimum absolute atomic E-state index is 0.0927. The van der Waals surface area contributed by atoms with Crippen LogP contribution in [0.5, 0.6) is 0 Å². The first-order chi connectivity index (χ1) is 7.87. The summed E-state index contributed by atoms with van der Waals surface area (Å²) in [6.07, 6.45) is 3.53. The monoisotopic (exact) mass is 241 g/mol. The molecule has 1 atom stereocenters. The lowest BCUT2D eigenvalue weighted by Gasteiger charge is -2.22. The lowest BCUT2D eigenvalue weighted by atomic mass is 10.1. The lowest BCUT2D eigenvalue weighted by molar-refractivity contribution is -0.121. The third-order valence-corrected chi connectivity index (χ3v) is 3.02. The van der Waals surface area contributed by atoms with E-state index in [1.807, 2.05) is 20.8 Å². The van der Waals surface area contributed by atoms with Crippen molar-refractivity contribution in [3.8, 4) is 0 Å². The molecule has 0 aromatic rings. The summed E-state index contributed by atoms with van der Waals surface area (Å²) in [4.78, 5) is 14.0. The fraction of sp³-hybridized carbons (Fsp3) is 0.923. The molecule has 1 saturated heterocycles. The summed E-state index contributed by atoms with van der Waals surface area (Å²) < 4.78 is 0. The highest BCUT2D eigenvalue weighted by atomic mass is 16.2. The van der Waals surface area contributed by atoms with Gasteiger partial charge in [0.05, 0.1) is 6.54 Å². The van der Waals surface area contributed by atoms with Crippen LogP contribution in [0.1, 0.15) is 40.0 Å². The van der Waals surface area contributed by atoms with Crippen molar-refractivity contribution in [1.82, 2.24) is 15.5 Å². The van der Waals surface area contributed by atoms with Crippen molar-refractivity contribution in [2.45, 2.75) is 51.6 Å². The predicted molar refractivity (Wildman–Crippen MR) is 71.0 cm³/mol. The highest BCUT2D eigenvalue weighted by Gasteiger charge is 2.17. The van der Waals surface area contributed by atoms with Crippen LogP contribution in [0.2, 0.25) is 0 Å². The van der Waals surface area contributed by atoms with E-state index in [-0.39, 0.29) is 11.4 Å². The van der Waals surface area contributed by atoms with Gasteiger partial charge in [0, 0.05) is 11.6 Å². The molecule has 100 valence electrons. The van der Waals surface area contributed by atoms with Gasteiger partial charge in [0.15, 0.2) is 0 Å². The van der Waals surface area contributed by atoms with Gasteiger partial charge in [-0.25, -0.2) is 0 Å². The number of likely N-dealkylation sites (tertiary alicyclic amines) is 1. The Hall–Kier alpha value is -0.610. The largest absolute Gasteiger partial charge is 0.350 e. The van der Waals surface area contributed by atoms with Gasteiger partial charge < -0.3 is 15.5 Å². The highest BCUT2D eigenvalue weighted by molar-refractivity contribution is 5.78. The third-order valence-electron chi connectivity index (χ3n) is 3.02. The van der Waals surface area contributed by atoms with Crippen molar-refractivity contribution in [2.75, 3.05) is 26.7 Å². The molecule has 0 spiro atoms. The number of hydrogen-bond donors (Lipinski definition) is 2. The number of amides is 1. The van der Waals surface area contributed by atoms with Gasteiger partial charge in [-0.15, -0.1) is 0 Å². The van der Waals surface area contributed by atoms with E-state index in [1.165, 1.54) is 19.4 Å². The SMILES string of the molecule is CN1CCCC(NCC(=O)NC(C)(C)C)CC1. The highest BCUT2D eigenvalue weighted by Crippen LogP contribution is 2.09. The summed E-state index contributed by atoms with van der Waals surface area (Å²) in [7, 11) is 2.16. The van der Waals surface area contributed by atoms with E-state index >= 15 is 0 Å². The van der Waals surface area contributed by atoms with Crippen molar-refractivity contribution in [3.05, 3.63) is 0 Å². The molecule has 4 nitrogen and oxygen atoms in total. The van der Waals surface area contributed by atoms with Crippen molar-refractivity contribution in [2.24, 2.45) is 0 Å². The molecular formula is C13H27N3O. The van der Waals surface area contributed by atoms with Crippen molar-refractivity contribution in [3.63, 3.8) is 0 Å². The molecule has 17 heavy (non-hydrogen) atoms. The zero-order valence-electron chi connectivity index (χ0n) is 11.7. The molecule has 0 aromatic carbocycles. The van der Waals surface area contributed by atoms with E-state index in [0.29, 0.717) is 12.6 Å². The van der Waals surface area contributed by atoms with Crippen LogP contribution in [-0.2, 0) is 4.79 Å². The van der Waals surface area contributed by atoms with Crippen LogP contribution in [-0.4, -0.2) is 49.1 Å². The van der Waals surface area contributed by atoms with Gasteiger partial charge in [-0.2, -0.15) is 0 Å². The maximum atomic E-state index is 11.7. The molecule has 0 aromatic heterocycles. The molecule has 0 saturated carbocycles. The number of hydrogen-bond acceptors (Lipinski definition) is 3. The summed E-state index contributed by atoms with van der Waals surface area (Å²) in [5.74, 6) is 0.0927. The third kappa shape index (κ3) is 6.64. The average molecular weight is 241 g/mol. The molecule has 1 amide bonds. The number of carbonyl (C=O) groups excluding carboxylic acids is 1. The predicted octanol–water partition coefficient (Wildman–Crippen LogP) is 0.975. The fourth-order valence-corrected chi connectivity index (χ4v) is 2.14. The Bertz CT molecular complexity index is 248. The van der Waals surface area contributed by atoms with Gasteiger partial charge in [-0.05, 0) is 60.2 Å². The summed E-state index contributed by atoms with van der Waals surface area (Å²) >= 11 is 0. The fourth-order valence-electron chi connectivity index (χ4n) is 2.14. The molecule has 1 aliphatic heterocycles. The van der Waals surface area contributed by atoms with E-state index in [2.05, 4.69) is 22.6 Å². The van der Waals surface area contributed by atoms with Gasteiger partial charge in [0.25, 0.3) is 0 Å². The normalized spacial score (nSPS) is 23.2. The topological polar surface area (TPSA) is 44.4 Å². The molecular weight excluding hydrogens is 214 g/mol. The molecule has 1 fully saturated rings. The Morgan fingerprint density at radius 1 is 1.29 bits per heavy atom. The number of carbonyl (C=O) groups is 1. The van der Waals surface area contributed by atoms with Crippen molar-refractivity contribution >= 4 is 5.91 Å². The zero-order chi connectivity index (χ0) is 12.9. The van der Waals surface area contributed by atoms with Crippen molar-refractivity contribution in [1.29, 1.82) is 0 Å². The summed E-state index contributed by atoms with van der Waals surface area (Å²) in [6, 6.07) is 0.491. The molecule has 2 N–H and O–H groups in total. The second-order valence-electron chi connectivity index (χ2n) is 6.11. The van der Waals surface area contributed by atoms with Gasteiger partial charge in [0.1, 0.15) is 0 Å². The van der Waals surface area contributed by atoms with Crippen LogP contribution >= 0.6 is 0 Å². The lowest BCUT2D eigenvalue weighted by Crippen LogP contribution is -2.46. The maximum Gasteiger partial charge on any atom is 0.234 e. The second-order valence-corrected chi connectivity index (χ2v) is 6.11. The quantitative estimate of drug-likeness (QED) is 0.774. The Morgan fingerprint density at radius 3 is 2.65 bits per heavy atom. The van der Waals surface area contributed by atoms with E-state index in [9.17, 15) is 4.79 Å². The van der Waals surface area contributed by atoms with Crippen LogP contribution in [0.3, 0.4) is 0 Å². The van der Waals surface area contributed by atoms with Crippen LogP contribution in [0.4, 0.5) is 0 Å². The van der Waals surface area contributed by atoms with Crippen LogP contribution < -0.4 is 10.6 Å². The minimum Gasteiger partial charge on any atom is -0.350 e. The standard InChI is InChI=1S/C13H27N3O/c1-13(2,3)15-12(17)10-14-11-6-5-8-16(4)9-7-11/h11,14H,5-10H2,1-4H3,(H,15,17). The molecule has 1 rings (SSSR count). The van der Waals surface area contributed by atoms with Crippen LogP contribution in [0.25, 0.3) is 0 Å². The molecule has 1 aliphatic rings. The van der Waals surface area contributed by atoms with Gasteiger partial charge in [-0.1, -0.05) is 0 Å². The number of rotatable bonds is 3. The average Bonchev–Trinajstić information content (AvgIpc) is 2.37. The van der Waals surface area contributed by atoms with Gasteiger partial charge in [-0.3, -0.25) is 4.79 Å². The number of nitrogens with one attached hydrogen (secondary N) is 2. The number of nitrogens with zero attached hydrogens (tertiary/aromatic N) is 1. The molecule has 1 heterocycles. The minimum atomic E-state index is -0.136. The summed E-state index contributed by atoms with van der Waals surface area (Å²) in [5, 5.41) is 6.34. The molecule has 0 radical (unpaired) electrons. The van der Waals surface area contributed by atoms with Crippen LogP contribution in [0.15, 0.2) is 0 Å². The molecule has 1 unspecified atom stereocenters. The summed E-state index contributed by atoms with van der Waals surface area (Å²) in [6.45, 7) is 8.75. The Morgan fingerprint density at radius 2 is 2.00 bits per heavy atom. The van der Waals surface area contributed by atoms with Crippen LogP contribution in [0, 0.1) is 0 Å². The van der Waals surface area contributed by atoms with E-state index in [1.54, 1.807) is 0 Å². The molecule has 4 heteroatoms. The van der Waals surface area contributed by atoms with Crippen molar-refractivity contribution < 1.29 is 4.79 Å². The first-order valence-corrected chi connectivity index (χ1v) is 6.60. The van der Waals surface area contributed by atoms with Gasteiger partial charge >= 0.3 is 0 Å². The zero-order valence-corrected chi connectivity index (χ0v) is 11.7. The van der Waals surface area contributed by atoms with Gasteiger partial charge in [0.2, 0.25) is 5.91 Å². The Balaban J connectivity index is 2.23. The van der Waals surface area contributed by atoms with E-state index < -0.39 is 0 Å². The second kappa shape index (κ2) is 6.36. The molecule has 0 aliphatic carbocycles.